The van der Waals surface area contributed by atoms with Gasteiger partial charge in [0.2, 0.25) is 0 Å². The second-order valence-corrected chi connectivity index (χ2v) is 6.36. The Hall–Kier alpha value is 0.390. The molecule has 0 aliphatic heterocycles. The lowest BCUT2D eigenvalue weighted by Crippen LogP contribution is -2.15. The summed E-state index contributed by atoms with van der Waals surface area (Å²) in [7, 11) is 0. The average molecular weight is 409 g/mol. The van der Waals surface area contributed by atoms with Crippen LogP contribution in [-0.2, 0) is 4.74 Å². The van der Waals surface area contributed by atoms with Crippen LogP contribution in [0.5, 0.6) is 0 Å². The normalized spacial score (nSPS) is 17.8. The average Bonchev–Trinajstić information content (AvgIpc) is 2.28. The van der Waals surface area contributed by atoms with E-state index in [0.29, 0.717) is 0 Å². The Morgan fingerprint density at radius 1 is 1.35 bits per heavy atom. The van der Waals surface area contributed by atoms with Crippen molar-refractivity contribution in [3.63, 3.8) is 0 Å². The van der Waals surface area contributed by atoms with Crippen LogP contribution in [0.1, 0.15) is 37.4 Å². The van der Waals surface area contributed by atoms with Crippen LogP contribution in [0.4, 0.5) is 0 Å². The highest BCUT2D eigenvalue weighted by Crippen LogP contribution is 2.31. The van der Waals surface area contributed by atoms with Gasteiger partial charge < -0.3 is 4.74 Å². The minimum Gasteiger partial charge on any atom is -0.373 e. The summed E-state index contributed by atoms with van der Waals surface area (Å²) in [5, 5.41) is 0. The number of hydrogen-bond donors (Lipinski definition) is 0. The van der Waals surface area contributed by atoms with Crippen LogP contribution in [0.15, 0.2) is 28.7 Å². The fourth-order valence-electron chi connectivity index (χ4n) is 2.11. The second-order valence-electron chi connectivity index (χ2n) is 4.62. The van der Waals surface area contributed by atoms with Gasteiger partial charge in [0.1, 0.15) is 0 Å². The molecule has 1 saturated carbocycles. The number of alkyl halides is 1. The van der Waals surface area contributed by atoms with Crippen LogP contribution in [0.2, 0.25) is 0 Å². The van der Waals surface area contributed by atoms with E-state index in [9.17, 15) is 0 Å². The van der Waals surface area contributed by atoms with Gasteiger partial charge >= 0.3 is 0 Å². The third-order valence-corrected chi connectivity index (χ3v) is 4.98. The van der Waals surface area contributed by atoms with Crippen LogP contribution < -0.4 is 0 Å². The van der Waals surface area contributed by atoms with Gasteiger partial charge in [-0.1, -0.05) is 76.0 Å². The Labute approximate surface area is 126 Å². The molecule has 1 aromatic carbocycles. The summed E-state index contributed by atoms with van der Waals surface area (Å²) in [5.41, 5.74) is 1.27. The van der Waals surface area contributed by atoms with Crippen LogP contribution in [0, 0.1) is 5.92 Å². The lowest BCUT2D eigenvalue weighted by atomic mass is 9.83. The molecular formula is C14H18BrIO. The van der Waals surface area contributed by atoms with Crippen LogP contribution in [0.3, 0.4) is 0 Å². The van der Waals surface area contributed by atoms with Gasteiger partial charge in [-0.25, -0.2) is 0 Å². The minimum atomic E-state index is 0.228. The summed E-state index contributed by atoms with van der Waals surface area (Å²) in [6, 6.07) is 8.36. The molecule has 1 aromatic rings. The van der Waals surface area contributed by atoms with Gasteiger partial charge in [0.05, 0.1) is 6.10 Å². The van der Waals surface area contributed by atoms with Crippen molar-refractivity contribution in [2.45, 2.75) is 31.8 Å². The standard InChI is InChI=1S/C14H18BrIO/c15-13-7-2-1-6-12(13)14(10-16)17-9-8-11-4-3-5-11/h1-2,6-7,11,14H,3-5,8-10H2. The lowest BCUT2D eigenvalue weighted by Gasteiger charge is -2.26. The topological polar surface area (TPSA) is 9.23 Å². The molecular weight excluding hydrogens is 391 g/mol. The first-order chi connectivity index (χ1) is 8.31. The molecule has 1 aliphatic carbocycles. The molecule has 1 unspecified atom stereocenters. The zero-order valence-electron chi connectivity index (χ0n) is 9.87. The van der Waals surface area contributed by atoms with E-state index < -0.39 is 0 Å². The molecule has 1 aliphatic rings. The predicted molar refractivity (Wildman–Crippen MR) is 83.7 cm³/mol. The summed E-state index contributed by atoms with van der Waals surface area (Å²) in [6.45, 7) is 0.902. The van der Waals surface area contributed by atoms with Crippen molar-refractivity contribution in [3.05, 3.63) is 34.3 Å². The summed E-state index contributed by atoms with van der Waals surface area (Å²) < 4.78 is 8.19. The molecule has 94 valence electrons. The number of rotatable bonds is 6. The first kappa shape index (κ1) is 13.8. The molecule has 0 saturated heterocycles. The minimum absolute atomic E-state index is 0.228. The van der Waals surface area contributed by atoms with E-state index >= 15 is 0 Å². The van der Waals surface area contributed by atoms with Crippen molar-refractivity contribution in [1.29, 1.82) is 0 Å². The molecule has 17 heavy (non-hydrogen) atoms. The van der Waals surface area contributed by atoms with Crippen molar-refractivity contribution in [2.75, 3.05) is 11.0 Å². The molecule has 1 fully saturated rings. The van der Waals surface area contributed by atoms with Gasteiger partial charge in [-0.3, -0.25) is 0 Å². The lowest BCUT2D eigenvalue weighted by molar-refractivity contribution is 0.0527. The Bertz CT molecular complexity index is 352. The zero-order valence-corrected chi connectivity index (χ0v) is 13.6. The Morgan fingerprint density at radius 2 is 2.12 bits per heavy atom. The van der Waals surface area contributed by atoms with E-state index in [4.69, 9.17) is 4.74 Å². The molecule has 0 aromatic heterocycles. The Morgan fingerprint density at radius 3 is 2.71 bits per heavy atom. The van der Waals surface area contributed by atoms with Crippen LogP contribution in [-0.4, -0.2) is 11.0 Å². The summed E-state index contributed by atoms with van der Waals surface area (Å²) >= 11 is 6.00. The molecule has 0 heterocycles. The van der Waals surface area contributed by atoms with Crippen molar-refractivity contribution < 1.29 is 4.74 Å². The highest BCUT2D eigenvalue weighted by Gasteiger charge is 2.18. The van der Waals surface area contributed by atoms with E-state index in [-0.39, 0.29) is 6.10 Å². The van der Waals surface area contributed by atoms with E-state index in [1.165, 1.54) is 31.2 Å². The maximum atomic E-state index is 6.03. The second kappa shape index (κ2) is 7.10. The van der Waals surface area contributed by atoms with Crippen molar-refractivity contribution in [3.8, 4) is 0 Å². The Kier molecular flexibility index (Phi) is 5.77. The van der Waals surface area contributed by atoms with Crippen molar-refractivity contribution in [1.82, 2.24) is 0 Å². The molecule has 1 atom stereocenters. The molecule has 0 bridgehead atoms. The van der Waals surface area contributed by atoms with E-state index in [0.717, 1.165) is 21.4 Å². The highest BCUT2D eigenvalue weighted by molar-refractivity contribution is 14.1. The fourth-order valence-corrected chi connectivity index (χ4v) is 3.38. The van der Waals surface area contributed by atoms with Crippen LogP contribution in [0.25, 0.3) is 0 Å². The molecule has 0 N–H and O–H groups in total. The zero-order chi connectivity index (χ0) is 12.1. The number of ether oxygens (including phenoxy) is 1. The molecule has 0 spiro atoms. The molecule has 0 amide bonds. The smallest absolute Gasteiger partial charge is 0.0925 e. The molecule has 3 heteroatoms. The third kappa shape index (κ3) is 3.93. The highest BCUT2D eigenvalue weighted by atomic mass is 127. The maximum absolute atomic E-state index is 6.03. The van der Waals surface area contributed by atoms with Crippen molar-refractivity contribution in [2.24, 2.45) is 5.92 Å². The fraction of sp³-hybridized carbons (Fsp3) is 0.571. The van der Waals surface area contributed by atoms with Crippen molar-refractivity contribution >= 4 is 38.5 Å². The van der Waals surface area contributed by atoms with Gasteiger partial charge in [0, 0.05) is 15.5 Å². The Balaban J connectivity index is 1.85. The van der Waals surface area contributed by atoms with Crippen LogP contribution >= 0.6 is 38.5 Å². The third-order valence-electron chi connectivity index (χ3n) is 3.46. The molecule has 2 rings (SSSR count). The quantitative estimate of drug-likeness (QED) is 0.468. The first-order valence-electron chi connectivity index (χ1n) is 6.23. The summed E-state index contributed by atoms with van der Waals surface area (Å²) in [4.78, 5) is 0. The number of benzene rings is 1. The van der Waals surface area contributed by atoms with Gasteiger partial charge in [-0.2, -0.15) is 0 Å². The van der Waals surface area contributed by atoms with E-state index in [1.54, 1.807) is 0 Å². The number of halogens is 2. The largest absolute Gasteiger partial charge is 0.373 e. The maximum Gasteiger partial charge on any atom is 0.0925 e. The van der Waals surface area contributed by atoms with Gasteiger partial charge in [0.15, 0.2) is 0 Å². The van der Waals surface area contributed by atoms with Gasteiger partial charge in [-0.05, 0) is 24.0 Å². The van der Waals surface area contributed by atoms with E-state index in [2.05, 4.69) is 56.7 Å². The predicted octanol–water partition coefficient (Wildman–Crippen LogP) is 5.13. The SMILES string of the molecule is Brc1ccccc1C(CI)OCCC1CCC1. The summed E-state index contributed by atoms with van der Waals surface area (Å²) in [6.07, 6.45) is 5.70. The molecule has 1 nitrogen and oxygen atoms in total. The first-order valence-corrected chi connectivity index (χ1v) is 8.55. The molecule has 0 radical (unpaired) electrons. The van der Waals surface area contributed by atoms with E-state index in [1.807, 2.05) is 6.07 Å². The number of hydrogen-bond acceptors (Lipinski definition) is 1. The summed E-state index contributed by atoms with van der Waals surface area (Å²) in [5.74, 6) is 0.934. The monoisotopic (exact) mass is 408 g/mol. The van der Waals surface area contributed by atoms with Gasteiger partial charge in [0.25, 0.3) is 0 Å². The van der Waals surface area contributed by atoms with Gasteiger partial charge in [-0.15, -0.1) is 0 Å².